The molecule has 0 radical (unpaired) electrons. The molecule has 142 valence electrons. The standard InChI is InChI=1S/C19H23F3N2O2/c1-3-15-6-8-16(9-7-15)14(2)23-11-18(25)24(13-19(20,21)22)12-17-5-4-10-26-17/h4-10,14,23H,3,11-13H2,1-2H3. The van der Waals surface area contributed by atoms with Crippen LogP contribution in [0.3, 0.4) is 0 Å². The summed E-state index contributed by atoms with van der Waals surface area (Å²) in [5.41, 5.74) is 2.18. The molecule has 0 fully saturated rings. The van der Waals surface area contributed by atoms with Gasteiger partial charge in [0.05, 0.1) is 19.4 Å². The van der Waals surface area contributed by atoms with Gasteiger partial charge in [0, 0.05) is 6.04 Å². The van der Waals surface area contributed by atoms with E-state index in [0.717, 1.165) is 16.9 Å². The highest BCUT2D eigenvalue weighted by Gasteiger charge is 2.33. The topological polar surface area (TPSA) is 45.5 Å². The lowest BCUT2D eigenvalue weighted by Crippen LogP contribution is -2.43. The molecule has 7 heteroatoms. The monoisotopic (exact) mass is 368 g/mol. The molecule has 1 amide bonds. The number of carbonyl (C=O) groups is 1. The summed E-state index contributed by atoms with van der Waals surface area (Å²) in [6.07, 6.45) is -2.17. The summed E-state index contributed by atoms with van der Waals surface area (Å²) in [4.78, 5) is 13.1. The first-order valence-corrected chi connectivity index (χ1v) is 8.47. The average Bonchev–Trinajstić information content (AvgIpc) is 3.10. The molecule has 1 aromatic carbocycles. The summed E-state index contributed by atoms with van der Waals surface area (Å²) >= 11 is 0. The van der Waals surface area contributed by atoms with E-state index in [1.165, 1.54) is 11.8 Å². The number of halogens is 3. The third kappa shape index (κ3) is 6.22. The van der Waals surface area contributed by atoms with Gasteiger partial charge in [-0.2, -0.15) is 13.2 Å². The van der Waals surface area contributed by atoms with Crippen LogP contribution in [0.4, 0.5) is 13.2 Å². The zero-order valence-electron chi connectivity index (χ0n) is 14.8. The Morgan fingerprint density at radius 3 is 2.46 bits per heavy atom. The molecule has 0 bridgehead atoms. The number of furan rings is 1. The van der Waals surface area contributed by atoms with Crippen molar-refractivity contribution < 1.29 is 22.4 Å². The van der Waals surface area contributed by atoms with Gasteiger partial charge in [-0.3, -0.25) is 4.79 Å². The van der Waals surface area contributed by atoms with E-state index < -0.39 is 18.6 Å². The van der Waals surface area contributed by atoms with E-state index in [0.29, 0.717) is 5.76 Å². The van der Waals surface area contributed by atoms with E-state index in [4.69, 9.17) is 4.42 Å². The van der Waals surface area contributed by atoms with E-state index in [-0.39, 0.29) is 19.1 Å². The predicted octanol–water partition coefficient (Wildman–Crippen LogP) is 4.08. The number of benzene rings is 1. The van der Waals surface area contributed by atoms with Gasteiger partial charge < -0.3 is 14.6 Å². The molecular formula is C19H23F3N2O2. The highest BCUT2D eigenvalue weighted by Crippen LogP contribution is 2.19. The van der Waals surface area contributed by atoms with Gasteiger partial charge in [0.1, 0.15) is 12.3 Å². The molecule has 1 heterocycles. The molecule has 1 atom stereocenters. The van der Waals surface area contributed by atoms with Crippen molar-refractivity contribution in [3.05, 3.63) is 59.5 Å². The lowest BCUT2D eigenvalue weighted by molar-refractivity contribution is -0.162. The zero-order valence-corrected chi connectivity index (χ0v) is 14.8. The number of nitrogens with one attached hydrogen (secondary N) is 1. The zero-order chi connectivity index (χ0) is 19.2. The molecule has 1 unspecified atom stereocenters. The number of hydrogen-bond donors (Lipinski definition) is 1. The molecule has 4 nitrogen and oxygen atoms in total. The quantitative estimate of drug-likeness (QED) is 0.764. The molecule has 0 aliphatic carbocycles. The second kappa shape index (κ2) is 8.89. The summed E-state index contributed by atoms with van der Waals surface area (Å²) in [6.45, 7) is 2.21. The van der Waals surface area contributed by atoms with Crippen molar-refractivity contribution in [2.24, 2.45) is 0 Å². The average molecular weight is 368 g/mol. The van der Waals surface area contributed by atoms with Gasteiger partial charge in [0.2, 0.25) is 5.91 Å². The number of aryl methyl sites for hydroxylation is 1. The van der Waals surface area contributed by atoms with Gasteiger partial charge in [-0.1, -0.05) is 31.2 Å². The number of carbonyl (C=O) groups excluding carboxylic acids is 1. The maximum absolute atomic E-state index is 12.8. The van der Waals surface area contributed by atoms with Crippen molar-refractivity contribution in [3.63, 3.8) is 0 Å². The minimum Gasteiger partial charge on any atom is -0.467 e. The van der Waals surface area contributed by atoms with Crippen LogP contribution in [-0.4, -0.2) is 30.1 Å². The fourth-order valence-electron chi connectivity index (χ4n) is 2.55. The Hall–Kier alpha value is -2.28. The molecule has 0 aliphatic rings. The van der Waals surface area contributed by atoms with Crippen molar-refractivity contribution in [2.75, 3.05) is 13.1 Å². The van der Waals surface area contributed by atoms with Crippen LogP contribution in [0, 0.1) is 0 Å². The number of alkyl halides is 3. The summed E-state index contributed by atoms with van der Waals surface area (Å²) in [6, 6.07) is 10.9. The van der Waals surface area contributed by atoms with E-state index in [1.54, 1.807) is 12.1 Å². The Morgan fingerprint density at radius 2 is 1.92 bits per heavy atom. The van der Waals surface area contributed by atoms with Gasteiger partial charge in [-0.15, -0.1) is 0 Å². The highest BCUT2D eigenvalue weighted by molar-refractivity contribution is 5.78. The molecule has 2 rings (SSSR count). The summed E-state index contributed by atoms with van der Waals surface area (Å²) in [5.74, 6) is -0.318. The summed E-state index contributed by atoms with van der Waals surface area (Å²) in [5, 5.41) is 2.99. The van der Waals surface area contributed by atoms with Gasteiger partial charge in [-0.25, -0.2) is 0 Å². The third-order valence-corrected chi connectivity index (χ3v) is 4.10. The molecule has 26 heavy (non-hydrogen) atoms. The van der Waals surface area contributed by atoms with Gasteiger partial charge >= 0.3 is 6.18 Å². The number of hydrogen-bond acceptors (Lipinski definition) is 3. The first-order chi connectivity index (χ1) is 12.3. The SMILES string of the molecule is CCc1ccc(C(C)NCC(=O)N(Cc2ccco2)CC(F)(F)F)cc1. The predicted molar refractivity (Wildman–Crippen MR) is 92.4 cm³/mol. The molecule has 0 spiro atoms. The van der Waals surface area contributed by atoms with Gasteiger partial charge in [0.25, 0.3) is 0 Å². The minimum atomic E-state index is -4.47. The van der Waals surface area contributed by atoms with Crippen LogP contribution < -0.4 is 5.32 Å². The van der Waals surface area contributed by atoms with Crippen LogP contribution >= 0.6 is 0 Å². The smallest absolute Gasteiger partial charge is 0.406 e. The lowest BCUT2D eigenvalue weighted by atomic mass is 10.1. The lowest BCUT2D eigenvalue weighted by Gasteiger charge is -2.24. The summed E-state index contributed by atoms with van der Waals surface area (Å²) in [7, 11) is 0. The van der Waals surface area contributed by atoms with E-state index in [2.05, 4.69) is 12.2 Å². The van der Waals surface area contributed by atoms with E-state index in [9.17, 15) is 18.0 Å². The second-order valence-corrected chi connectivity index (χ2v) is 6.14. The minimum absolute atomic E-state index is 0.152. The van der Waals surface area contributed by atoms with E-state index >= 15 is 0 Å². The molecule has 0 saturated heterocycles. The van der Waals surface area contributed by atoms with Crippen LogP contribution in [0.15, 0.2) is 47.1 Å². The van der Waals surface area contributed by atoms with Gasteiger partial charge in [0.15, 0.2) is 0 Å². The molecule has 1 N–H and O–H groups in total. The molecule has 0 aliphatic heterocycles. The Labute approximate surface area is 151 Å². The number of amides is 1. The van der Waals surface area contributed by atoms with Gasteiger partial charge in [-0.05, 0) is 36.6 Å². The Balaban J connectivity index is 1.96. The molecule has 2 aromatic rings. The van der Waals surface area contributed by atoms with Crippen LogP contribution in [0.25, 0.3) is 0 Å². The van der Waals surface area contributed by atoms with Crippen molar-refractivity contribution in [1.29, 1.82) is 0 Å². The largest absolute Gasteiger partial charge is 0.467 e. The van der Waals surface area contributed by atoms with Crippen LogP contribution in [0.1, 0.15) is 36.8 Å². The van der Waals surface area contributed by atoms with Crippen LogP contribution in [0.5, 0.6) is 0 Å². The second-order valence-electron chi connectivity index (χ2n) is 6.14. The van der Waals surface area contributed by atoms with Crippen molar-refractivity contribution >= 4 is 5.91 Å². The molecular weight excluding hydrogens is 345 g/mol. The van der Waals surface area contributed by atoms with E-state index in [1.807, 2.05) is 31.2 Å². The Kier molecular flexibility index (Phi) is 6.85. The van der Waals surface area contributed by atoms with Crippen molar-refractivity contribution in [2.45, 2.75) is 39.0 Å². The summed E-state index contributed by atoms with van der Waals surface area (Å²) < 4.78 is 43.4. The maximum atomic E-state index is 12.8. The fourth-order valence-corrected chi connectivity index (χ4v) is 2.55. The number of rotatable bonds is 8. The highest BCUT2D eigenvalue weighted by atomic mass is 19.4. The first kappa shape index (κ1) is 20.0. The maximum Gasteiger partial charge on any atom is 0.406 e. The Morgan fingerprint density at radius 1 is 1.23 bits per heavy atom. The fraction of sp³-hybridized carbons (Fsp3) is 0.421. The molecule has 0 saturated carbocycles. The van der Waals surface area contributed by atoms with Crippen molar-refractivity contribution in [1.82, 2.24) is 10.2 Å². The van der Waals surface area contributed by atoms with Crippen LogP contribution in [0.2, 0.25) is 0 Å². The first-order valence-electron chi connectivity index (χ1n) is 8.47. The third-order valence-electron chi connectivity index (χ3n) is 4.10. The Bertz CT molecular complexity index is 682. The normalized spacial score (nSPS) is 12.8. The molecule has 1 aromatic heterocycles. The van der Waals surface area contributed by atoms with Crippen molar-refractivity contribution in [3.8, 4) is 0 Å². The van der Waals surface area contributed by atoms with Crippen LogP contribution in [-0.2, 0) is 17.8 Å². The number of nitrogens with zero attached hydrogens (tertiary/aromatic N) is 1.